The molecule has 1 aromatic heterocycles. The quantitative estimate of drug-likeness (QED) is 0.856. The molecule has 0 atom stereocenters. The molecule has 1 aliphatic heterocycles. The van der Waals surface area contributed by atoms with Crippen molar-refractivity contribution in [2.45, 2.75) is 52.7 Å². The first-order valence-corrected chi connectivity index (χ1v) is 9.17. The summed E-state index contributed by atoms with van der Waals surface area (Å²) >= 11 is 1.34. The molecule has 5 nitrogen and oxygen atoms in total. The van der Waals surface area contributed by atoms with E-state index in [1.165, 1.54) is 11.3 Å². The van der Waals surface area contributed by atoms with Crippen LogP contribution in [0, 0.1) is 13.8 Å². The van der Waals surface area contributed by atoms with Crippen LogP contribution in [0.4, 0.5) is 5.69 Å². The van der Waals surface area contributed by atoms with Gasteiger partial charge in [0.15, 0.2) is 5.01 Å². The Balaban J connectivity index is 1.85. The van der Waals surface area contributed by atoms with E-state index in [1.807, 2.05) is 65.1 Å². The number of hydrogen-bond donors (Lipinski definition) is 1. The Hall–Kier alpha value is -1.70. The van der Waals surface area contributed by atoms with Gasteiger partial charge in [0.1, 0.15) is 0 Å². The maximum absolute atomic E-state index is 12.4. The summed E-state index contributed by atoms with van der Waals surface area (Å²) in [5.74, 6) is -0.202. The minimum Gasteiger partial charge on any atom is -0.399 e. The minimum atomic E-state index is -0.455. The predicted octanol–water partition coefficient (Wildman–Crippen LogP) is 3.31. The number of thiazole rings is 1. The molecule has 1 N–H and O–H groups in total. The number of carbonyl (C=O) groups excluding carboxylic acids is 1. The largest absolute Gasteiger partial charge is 0.495 e. The number of amides is 1. The number of aryl methyl sites for hydroxylation is 1. The number of carbonyl (C=O) groups is 1. The van der Waals surface area contributed by atoms with Crippen molar-refractivity contribution >= 4 is 35.5 Å². The smallest absolute Gasteiger partial charge is 0.399 e. The van der Waals surface area contributed by atoms with Gasteiger partial charge in [0.2, 0.25) is 0 Å². The van der Waals surface area contributed by atoms with E-state index in [4.69, 9.17) is 9.31 Å². The summed E-state index contributed by atoms with van der Waals surface area (Å²) in [6.07, 6.45) is 0. The highest BCUT2D eigenvalue weighted by atomic mass is 32.1. The van der Waals surface area contributed by atoms with Crippen LogP contribution in [0.15, 0.2) is 23.6 Å². The summed E-state index contributed by atoms with van der Waals surface area (Å²) in [4.78, 5) is 16.6. The standard InChI is InChI=1S/C18H23BN2O3S/c1-11-10-25-16(20-11)15(22)21-14-9-7-8-13(12(14)2)19-23-17(3,4)18(5,6)24-19/h7-10H,1-6H3,(H,21,22). The SMILES string of the molecule is Cc1csc(C(=O)Nc2cccc(B3OC(C)(C)C(C)(C)O3)c2C)n1. The number of nitrogens with zero attached hydrogens (tertiary/aromatic N) is 1. The van der Waals surface area contributed by atoms with Crippen LogP contribution in [0.2, 0.25) is 0 Å². The molecule has 7 heteroatoms. The van der Waals surface area contributed by atoms with Crippen LogP contribution in [-0.2, 0) is 9.31 Å². The number of nitrogens with one attached hydrogen (secondary N) is 1. The number of aromatic nitrogens is 1. The molecule has 0 aliphatic carbocycles. The Kier molecular flexibility index (Phi) is 4.51. The van der Waals surface area contributed by atoms with Crippen molar-refractivity contribution in [2.75, 3.05) is 5.32 Å². The maximum Gasteiger partial charge on any atom is 0.495 e. The summed E-state index contributed by atoms with van der Waals surface area (Å²) in [7, 11) is -0.455. The molecule has 132 valence electrons. The normalized spacial score (nSPS) is 18.4. The number of anilines is 1. The van der Waals surface area contributed by atoms with E-state index in [2.05, 4.69) is 10.3 Å². The van der Waals surface area contributed by atoms with E-state index in [0.717, 1.165) is 22.4 Å². The van der Waals surface area contributed by atoms with Gasteiger partial charge in [-0.1, -0.05) is 12.1 Å². The zero-order chi connectivity index (χ0) is 18.4. The molecule has 0 radical (unpaired) electrons. The highest BCUT2D eigenvalue weighted by molar-refractivity contribution is 7.11. The predicted molar refractivity (Wildman–Crippen MR) is 102 cm³/mol. The van der Waals surface area contributed by atoms with E-state index in [0.29, 0.717) is 5.01 Å². The number of hydrogen-bond acceptors (Lipinski definition) is 5. The van der Waals surface area contributed by atoms with Gasteiger partial charge in [-0.2, -0.15) is 0 Å². The van der Waals surface area contributed by atoms with Crippen LogP contribution >= 0.6 is 11.3 Å². The first-order valence-electron chi connectivity index (χ1n) is 8.29. The molecule has 1 aromatic carbocycles. The molecule has 0 unspecified atom stereocenters. The van der Waals surface area contributed by atoms with Gasteiger partial charge in [-0.25, -0.2) is 4.98 Å². The molecule has 0 spiro atoms. The third-order valence-corrected chi connectivity index (χ3v) is 5.90. The van der Waals surface area contributed by atoms with E-state index in [1.54, 1.807) is 0 Å². The van der Waals surface area contributed by atoms with E-state index >= 15 is 0 Å². The van der Waals surface area contributed by atoms with Gasteiger partial charge >= 0.3 is 7.12 Å². The summed E-state index contributed by atoms with van der Waals surface area (Å²) in [5.41, 5.74) is 2.64. The first-order chi connectivity index (χ1) is 11.6. The van der Waals surface area contributed by atoms with E-state index in [-0.39, 0.29) is 5.91 Å². The second kappa shape index (κ2) is 6.23. The molecular weight excluding hydrogens is 335 g/mol. The van der Waals surface area contributed by atoms with Gasteiger partial charge in [-0.15, -0.1) is 11.3 Å². The van der Waals surface area contributed by atoms with Crippen molar-refractivity contribution in [1.82, 2.24) is 4.98 Å². The Morgan fingerprint density at radius 1 is 1.16 bits per heavy atom. The first kappa shape index (κ1) is 18.1. The van der Waals surface area contributed by atoms with Crippen LogP contribution in [0.25, 0.3) is 0 Å². The molecule has 1 saturated heterocycles. The van der Waals surface area contributed by atoms with Crippen molar-refractivity contribution in [3.8, 4) is 0 Å². The van der Waals surface area contributed by atoms with Gasteiger partial charge in [0.05, 0.1) is 11.2 Å². The number of benzene rings is 1. The van der Waals surface area contributed by atoms with Crippen LogP contribution in [0.1, 0.15) is 48.8 Å². The second-order valence-electron chi connectivity index (χ2n) is 7.36. The van der Waals surface area contributed by atoms with Gasteiger partial charge in [-0.05, 0) is 58.6 Å². The average Bonchev–Trinajstić information content (AvgIpc) is 3.02. The van der Waals surface area contributed by atoms with Crippen LogP contribution in [0.5, 0.6) is 0 Å². The fourth-order valence-electron chi connectivity index (χ4n) is 2.65. The minimum absolute atomic E-state index is 0.202. The lowest BCUT2D eigenvalue weighted by Gasteiger charge is -2.32. The highest BCUT2D eigenvalue weighted by Crippen LogP contribution is 2.37. The zero-order valence-electron chi connectivity index (χ0n) is 15.5. The lowest BCUT2D eigenvalue weighted by molar-refractivity contribution is 0.00578. The van der Waals surface area contributed by atoms with Gasteiger partial charge in [0.25, 0.3) is 5.91 Å². The van der Waals surface area contributed by atoms with Crippen molar-refractivity contribution < 1.29 is 14.1 Å². The summed E-state index contributed by atoms with van der Waals surface area (Å²) in [6, 6.07) is 5.75. The molecule has 1 fully saturated rings. The van der Waals surface area contributed by atoms with Crippen LogP contribution in [-0.4, -0.2) is 29.2 Å². The van der Waals surface area contributed by atoms with E-state index < -0.39 is 18.3 Å². The zero-order valence-corrected chi connectivity index (χ0v) is 16.3. The molecule has 2 heterocycles. The Bertz CT molecular complexity index is 800. The Morgan fingerprint density at radius 3 is 2.36 bits per heavy atom. The maximum atomic E-state index is 12.4. The molecule has 1 amide bonds. The topological polar surface area (TPSA) is 60.5 Å². The molecule has 0 saturated carbocycles. The Morgan fingerprint density at radius 2 is 1.80 bits per heavy atom. The highest BCUT2D eigenvalue weighted by Gasteiger charge is 2.52. The van der Waals surface area contributed by atoms with Gasteiger partial charge < -0.3 is 14.6 Å². The molecule has 25 heavy (non-hydrogen) atoms. The van der Waals surface area contributed by atoms with Crippen molar-refractivity contribution in [2.24, 2.45) is 0 Å². The van der Waals surface area contributed by atoms with Crippen molar-refractivity contribution in [3.05, 3.63) is 39.8 Å². The molecule has 2 aromatic rings. The third-order valence-electron chi connectivity index (χ3n) is 4.94. The summed E-state index contributed by atoms with van der Waals surface area (Å²) < 4.78 is 12.3. The molecule has 0 bridgehead atoms. The van der Waals surface area contributed by atoms with E-state index in [9.17, 15) is 4.79 Å². The monoisotopic (exact) mass is 358 g/mol. The summed E-state index contributed by atoms with van der Waals surface area (Å²) in [6.45, 7) is 11.9. The van der Waals surface area contributed by atoms with Gasteiger partial charge in [-0.3, -0.25) is 4.79 Å². The van der Waals surface area contributed by atoms with Gasteiger partial charge in [0, 0.05) is 16.8 Å². The number of rotatable bonds is 3. The second-order valence-corrected chi connectivity index (χ2v) is 8.21. The van der Waals surface area contributed by atoms with Crippen molar-refractivity contribution in [3.63, 3.8) is 0 Å². The van der Waals surface area contributed by atoms with Crippen LogP contribution < -0.4 is 10.8 Å². The fraction of sp³-hybridized carbons (Fsp3) is 0.444. The summed E-state index contributed by atoms with van der Waals surface area (Å²) in [5, 5.41) is 5.26. The van der Waals surface area contributed by atoms with Crippen molar-refractivity contribution in [1.29, 1.82) is 0 Å². The van der Waals surface area contributed by atoms with Crippen LogP contribution in [0.3, 0.4) is 0 Å². The lowest BCUT2D eigenvalue weighted by atomic mass is 9.76. The third kappa shape index (κ3) is 3.36. The lowest BCUT2D eigenvalue weighted by Crippen LogP contribution is -2.41. The Labute approximate surface area is 152 Å². The fourth-order valence-corrected chi connectivity index (χ4v) is 3.34. The molecular formula is C18H23BN2O3S. The average molecular weight is 358 g/mol. The molecule has 1 aliphatic rings. The molecule has 3 rings (SSSR count).